The molecule has 0 atom stereocenters. The largest absolute Gasteiger partial charge is 0.348 e. The van der Waals surface area contributed by atoms with Crippen LogP contribution in [0.1, 0.15) is 34.3 Å². The topological polar surface area (TPSA) is 95.6 Å². The van der Waals surface area contributed by atoms with E-state index in [4.69, 9.17) is 0 Å². The van der Waals surface area contributed by atoms with Crippen LogP contribution < -0.4 is 14.9 Å². The zero-order chi connectivity index (χ0) is 24.3. The van der Waals surface area contributed by atoms with Gasteiger partial charge in [-0.25, -0.2) is 12.8 Å². The lowest BCUT2D eigenvalue weighted by atomic mass is 10.1. The predicted molar refractivity (Wildman–Crippen MR) is 128 cm³/mol. The molecule has 176 valence electrons. The fraction of sp³-hybridized carbons (Fsp3) is 0.200. The van der Waals surface area contributed by atoms with Crippen LogP contribution in [-0.4, -0.2) is 26.8 Å². The first-order chi connectivity index (χ1) is 16.2. The van der Waals surface area contributed by atoms with E-state index in [9.17, 15) is 22.4 Å². The molecule has 0 radical (unpaired) electrons. The summed E-state index contributed by atoms with van der Waals surface area (Å²) in [5, 5.41) is 2.81. The SMILES string of the molecule is Cc1ccc(S(=O)(=O)Nc2ccc(F)cc2)cc1C(=O)NCc1ccc(N2CCCC2=O)cc1. The van der Waals surface area contributed by atoms with Crippen LogP contribution in [0.25, 0.3) is 0 Å². The second-order valence-corrected chi connectivity index (χ2v) is 9.77. The van der Waals surface area contributed by atoms with Crippen LogP contribution in [0.5, 0.6) is 0 Å². The number of nitrogens with zero attached hydrogens (tertiary/aromatic N) is 1. The van der Waals surface area contributed by atoms with Gasteiger partial charge < -0.3 is 10.2 Å². The van der Waals surface area contributed by atoms with Gasteiger partial charge in [0, 0.05) is 36.4 Å². The number of hydrogen-bond donors (Lipinski definition) is 2. The van der Waals surface area contributed by atoms with E-state index in [-0.39, 0.29) is 28.6 Å². The molecule has 0 aliphatic carbocycles. The van der Waals surface area contributed by atoms with E-state index < -0.39 is 21.7 Å². The van der Waals surface area contributed by atoms with Crippen LogP contribution in [0.2, 0.25) is 0 Å². The maximum absolute atomic E-state index is 13.1. The summed E-state index contributed by atoms with van der Waals surface area (Å²) in [6, 6.07) is 16.6. The van der Waals surface area contributed by atoms with Crippen LogP contribution in [0.15, 0.2) is 71.6 Å². The molecular weight excluding hydrogens is 457 g/mol. The number of rotatable bonds is 7. The van der Waals surface area contributed by atoms with Gasteiger partial charge in [0.15, 0.2) is 0 Å². The average molecular weight is 482 g/mol. The Hall–Kier alpha value is -3.72. The Morgan fingerprint density at radius 3 is 2.38 bits per heavy atom. The van der Waals surface area contributed by atoms with Gasteiger partial charge in [0.2, 0.25) is 5.91 Å². The summed E-state index contributed by atoms with van der Waals surface area (Å²) >= 11 is 0. The van der Waals surface area contributed by atoms with Gasteiger partial charge in [-0.15, -0.1) is 0 Å². The minimum atomic E-state index is -3.97. The fourth-order valence-corrected chi connectivity index (χ4v) is 4.82. The summed E-state index contributed by atoms with van der Waals surface area (Å²) in [5.74, 6) is -0.771. The Balaban J connectivity index is 1.44. The summed E-state index contributed by atoms with van der Waals surface area (Å²) in [4.78, 5) is 26.4. The smallest absolute Gasteiger partial charge is 0.261 e. The van der Waals surface area contributed by atoms with Crippen molar-refractivity contribution in [3.63, 3.8) is 0 Å². The Labute approximate surface area is 197 Å². The third-order valence-corrected chi connectivity index (χ3v) is 7.01. The standard InChI is InChI=1S/C25H24FN3O4S/c1-17-4-13-22(34(32,33)28-20-9-7-19(26)8-10-20)15-23(17)25(31)27-16-18-5-11-21(12-6-18)29-14-2-3-24(29)30/h4-13,15,28H,2-3,14,16H2,1H3,(H,27,31). The molecule has 4 rings (SSSR count). The highest BCUT2D eigenvalue weighted by Crippen LogP contribution is 2.22. The monoisotopic (exact) mass is 481 g/mol. The quantitative estimate of drug-likeness (QED) is 0.533. The second-order valence-electron chi connectivity index (χ2n) is 8.09. The Bertz CT molecular complexity index is 1320. The van der Waals surface area contributed by atoms with Gasteiger partial charge in [-0.1, -0.05) is 18.2 Å². The fourth-order valence-electron chi connectivity index (χ4n) is 3.74. The number of benzene rings is 3. The zero-order valence-electron chi connectivity index (χ0n) is 18.5. The van der Waals surface area contributed by atoms with Crippen molar-refractivity contribution in [2.45, 2.75) is 31.2 Å². The lowest BCUT2D eigenvalue weighted by Crippen LogP contribution is -2.25. The Morgan fingerprint density at radius 1 is 1.03 bits per heavy atom. The molecule has 7 nitrogen and oxygen atoms in total. The van der Waals surface area contributed by atoms with Crippen LogP contribution in [0.3, 0.4) is 0 Å². The summed E-state index contributed by atoms with van der Waals surface area (Å²) in [6.45, 7) is 2.68. The molecule has 0 aromatic heterocycles. The van der Waals surface area contributed by atoms with Crippen LogP contribution in [0, 0.1) is 12.7 Å². The number of nitrogens with one attached hydrogen (secondary N) is 2. The van der Waals surface area contributed by atoms with Crippen molar-refractivity contribution >= 4 is 33.2 Å². The second kappa shape index (κ2) is 9.64. The van der Waals surface area contributed by atoms with Gasteiger partial charge in [-0.2, -0.15) is 0 Å². The first-order valence-corrected chi connectivity index (χ1v) is 12.3. The maximum Gasteiger partial charge on any atom is 0.261 e. The maximum atomic E-state index is 13.1. The number of carbonyl (C=O) groups is 2. The number of aryl methyl sites for hydroxylation is 1. The minimum Gasteiger partial charge on any atom is -0.348 e. The van der Waals surface area contributed by atoms with E-state index in [0.717, 1.165) is 29.8 Å². The lowest BCUT2D eigenvalue weighted by Gasteiger charge is -2.16. The highest BCUT2D eigenvalue weighted by molar-refractivity contribution is 7.92. The van der Waals surface area contributed by atoms with Crippen molar-refractivity contribution in [1.82, 2.24) is 5.32 Å². The normalized spacial score (nSPS) is 13.7. The third-order valence-electron chi connectivity index (χ3n) is 5.63. The highest BCUT2D eigenvalue weighted by Gasteiger charge is 2.21. The van der Waals surface area contributed by atoms with E-state index in [2.05, 4.69) is 10.0 Å². The van der Waals surface area contributed by atoms with Crippen molar-refractivity contribution < 1.29 is 22.4 Å². The third kappa shape index (κ3) is 5.26. The molecule has 34 heavy (non-hydrogen) atoms. The summed E-state index contributed by atoms with van der Waals surface area (Å²) in [5.41, 5.74) is 2.76. The molecule has 1 fully saturated rings. The average Bonchev–Trinajstić information content (AvgIpc) is 3.25. The van der Waals surface area contributed by atoms with Crippen LogP contribution in [-0.2, 0) is 21.4 Å². The zero-order valence-corrected chi connectivity index (χ0v) is 19.4. The van der Waals surface area contributed by atoms with Crippen LogP contribution >= 0.6 is 0 Å². The van der Waals surface area contributed by atoms with Gasteiger partial charge in [0.05, 0.1) is 4.90 Å². The predicted octanol–water partition coefficient (Wildman–Crippen LogP) is 3.99. The molecule has 2 amide bonds. The molecule has 0 spiro atoms. The molecule has 1 heterocycles. The number of anilines is 2. The Kier molecular flexibility index (Phi) is 6.65. The van der Waals surface area contributed by atoms with Crippen molar-refractivity contribution in [3.05, 3.63) is 89.2 Å². The van der Waals surface area contributed by atoms with Crippen LogP contribution in [0.4, 0.5) is 15.8 Å². The summed E-state index contributed by atoms with van der Waals surface area (Å²) in [6.07, 6.45) is 1.41. The number of carbonyl (C=O) groups excluding carboxylic acids is 2. The van der Waals surface area contributed by atoms with E-state index in [1.807, 2.05) is 24.3 Å². The highest BCUT2D eigenvalue weighted by atomic mass is 32.2. The van der Waals surface area contributed by atoms with Gasteiger partial charge in [-0.3, -0.25) is 14.3 Å². The first kappa shape index (κ1) is 23.4. The van der Waals surface area contributed by atoms with Gasteiger partial charge in [-0.05, 0) is 73.0 Å². The van der Waals surface area contributed by atoms with Crippen molar-refractivity contribution in [2.75, 3.05) is 16.2 Å². The van der Waals surface area contributed by atoms with Crippen molar-refractivity contribution in [2.24, 2.45) is 0 Å². The van der Waals surface area contributed by atoms with Gasteiger partial charge in [0.1, 0.15) is 5.82 Å². The summed E-state index contributed by atoms with van der Waals surface area (Å²) in [7, 11) is -3.97. The molecule has 1 aliphatic rings. The number of amides is 2. The van der Waals surface area contributed by atoms with Crippen molar-refractivity contribution in [3.8, 4) is 0 Å². The van der Waals surface area contributed by atoms with E-state index in [0.29, 0.717) is 18.5 Å². The van der Waals surface area contributed by atoms with E-state index in [1.165, 1.54) is 24.3 Å². The molecular formula is C25H24FN3O4S. The van der Waals surface area contributed by atoms with E-state index in [1.54, 1.807) is 17.9 Å². The first-order valence-electron chi connectivity index (χ1n) is 10.8. The van der Waals surface area contributed by atoms with Gasteiger partial charge >= 0.3 is 0 Å². The molecule has 1 aliphatic heterocycles. The molecule has 2 N–H and O–H groups in total. The molecule has 0 saturated carbocycles. The number of hydrogen-bond acceptors (Lipinski definition) is 4. The number of sulfonamides is 1. The number of halogens is 1. The van der Waals surface area contributed by atoms with Crippen molar-refractivity contribution in [1.29, 1.82) is 0 Å². The molecule has 3 aromatic carbocycles. The minimum absolute atomic E-state index is 0.0767. The lowest BCUT2D eigenvalue weighted by molar-refractivity contribution is -0.117. The van der Waals surface area contributed by atoms with Gasteiger partial charge in [0.25, 0.3) is 15.9 Å². The molecule has 0 unspecified atom stereocenters. The van der Waals surface area contributed by atoms with E-state index >= 15 is 0 Å². The molecule has 1 saturated heterocycles. The Morgan fingerprint density at radius 2 is 1.74 bits per heavy atom. The summed E-state index contributed by atoms with van der Waals surface area (Å²) < 4.78 is 41.0. The molecule has 3 aromatic rings. The molecule has 0 bridgehead atoms. The molecule has 9 heteroatoms.